The van der Waals surface area contributed by atoms with Crippen molar-refractivity contribution >= 4 is 5.91 Å². The molecule has 0 unspecified atom stereocenters. The number of carbonyl (C=O) groups excluding carboxylic acids is 1. The second-order valence-electron chi connectivity index (χ2n) is 3.97. The molecule has 1 aromatic rings. The van der Waals surface area contributed by atoms with Gasteiger partial charge in [-0.3, -0.25) is 4.79 Å². The lowest BCUT2D eigenvalue weighted by Gasteiger charge is -2.25. The van der Waals surface area contributed by atoms with Gasteiger partial charge in [-0.25, -0.2) is 0 Å². The molecular weight excluding hydrogens is 222 g/mol. The van der Waals surface area contributed by atoms with Gasteiger partial charge in [0.1, 0.15) is 0 Å². The van der Waals surface area contributed by atoms with Gasteiger partial charge in [0, 0.05) is 0 Å². The molecule has 0 aliphatic carbocycles. The van der Waals surface area contributed by atoms with Crippen molar-refractivity contribution in [1.29, 1.82) is 0 Å². The lowest BCUT2D eigenvalue weighted by Crippen LogP contribution is -2.43. The number of para-hydroxylation sites is 1. The fourth-order valence-corrected chi connectivity index (χ4v) is 1.22. The van der Waals surface area contributed by atoms with Gasteiger partial charge >= 0.3 is 0 Å². The maximum absolute atomic E-state index is 11.2. The summed E-state index contributed by atoms with van der Waals surface area (Å²) in [6.07, 6.45) is 0. The second-order valence-corrected chi connectivity index (χ2v) is 3.97. The summed E-state index contributed by atoms with van der Waals surface area (Å²) >= 11 is 0. The Labute approximate surface area is 100 Å². The van der Waals surface area contributed by atoms with Gasteiger partial charge in [-0.1, -0.05) is 6.07 Å². The summed E-state index contributed by atoms with van der Waals surface area (Å²) < 4.78 is 15.9. The molecule has 0 atom stereocenters. The van der Waals surface area contributed by atoms with Crippen molar-refractivity contribution in [2.45, 2.75) is 19.4 Å². The fraction of sp³-hybridized carbons (Fsp3) is 0.417. The Morgan fingerprint density at radius 1 is 1.18 bits per heavy atom. The predicted octanol–water partition coefficient (Wildman–Crippen LogP) is 1.35. The van der Waals surface area contributed by atoms with Crippen LogP contribution in [0, 0.1) is 0 Å². The SMILES string of the molecule is COc1cccc(OC)c1OC(C)(C)C(N)=O. The topological polar surface area (TPSA) is 70.8 Å². The molecule has 0 spiro atoms. The number of rotatable bonds is 5. The lowest BCUT2D eigenvalue weighted by atomic mass is 10.1. The first kappa shape index (κ1) is 13.2. The first-order valence-corrected chi connectivity index (χ1v) is 5.12. The molecule has 1 amide bonds. The first-order valence-electron chi connectivity index (χ1n) is 5.12. The summed E-state index contributed by atoms with van der Waals surface area (Å²) in [7, 11) is 3.03. The second kappa shape index (κ2) is 4.95. The summed E-state index contributed by atoms with van der Waals surface area (Å²) in [6, 6.07) is 5.20. The maximum Gasteiger partial charge on any atom is 0.261 e. The fourth-order valence-electron chi connectivity index (χ4n) is 1.22. The number of hydrogen-bond donors (Lipinski definition) is 1. The Bertz CT molecular complexity index is 393. The van der Waals surface area contributed by atoms with E-state index in [4.69, 9.17) is 19.9 Å². The Kier molecular flexibility index (Phi) is 3.83. The Morgan fingerprint density at radius 2 is 1.65 bits per heavy atom. The van der Waals surface area contributed by atoms with E-state index in [0.29, 0.717) is 17.2 Å². The predicted molar refractivity (Wildman–Crippen MR) is 63.4 cm³/mol. The molecule has 17 heavy (non-hydrogen) atoms. The Morgan fingerprint density at radius 3 is 2.00 bits per heavy atom. The van der Waals surface area contributed by atoms with Crippen LogP contribution in [0.2, 0.25) is 0 Å². The number of methoxy groups -OCH3 is 2. The third-order valence-electron chi connectivity index (χ3n) is 2.33. The van der Waals surface area contributed by atoms with E-state index in [-0.39, 0.29) is 0 Å². The smallest absolute Gasteiger partial charge is 0.261 e. The van der Waals surface area contributed by atoms with Crippen LogP contribution in [0.15, 0.2) is 18.2 Å². The van der Waals surface area contributed by atoms with E-state index in [9.17, 15) is 4.79 Å². The average Bonchev–Trinajstić information content (AvgIpc) is 2.28. The number of carbonyl (C=O) groups is 1. The monoisotopic (exact) mass is 239 g/mol. The molecule has 0 saturated carbocycles. The third-order valence-corrected chi connectivity index (χ3v) is 2.33. The normalized spacial score (nSPS) is 10.8. The van der Waals surface area contributed by atoms with Crippen LogP contribution >= 0.6 is 0 Å². The molecule has 1 rings (SSSR count). The lowest BCUT2D eigenvalue weighted by molar-refractivity contribution is -0.130. The van der Waals surface area contributed by atoms with Crippen molar-refractivity contribution in [3.05, 3.63) is 18.2 Å². The third kappa shape index (κ3) is 2.81. The molecule has 0 aromatic heterocycles. The number of nitrogens with two attached hydrogens (primary N) is 1. The van der Waals surface area contributed by atoms with Crippen LogP contribution in [0.1, 0.15) is 13.8 Å². The van der Waals surface area contributed by atoms with E-state index < -0.39 is 11.5 Å². The molecule has 0 fully saturated rings. The molecule has 0 aliphatic rings. The van der Waals surface area contributed by atoms with E-state index in [1.807, 2.05) is 0 Å². The van der Waals surface area contributed by atoms with Gasteiger partial charge in [0.2, 0.25) is 5.75 Å². The molecule has 5 nitrogen and oxygen atoms in total. The van der Waals surface area contributed by atoms with Crippen molar-refractivity contribution in [3.63, 3.8) is 0 Å². The zero-order valence-corrected chi connectivity index (χ0v) is 10.4. The quantitative estimate of drug-likeness (QED) is 0.841. The molecule has 0 aliphatic heterocycles. The number of ether oxygens (including phenoxy) is 3. The molecule has 0 heterocycles. The highest BCUT2D eigenvalue weighted by atomic mass is 16.6. The number of benzene rings is 1. The van der Waals surface area contributed by atoms with Crippen molar-refractivity contribution < 1.29 is 19.0 Å². The van der Waals surface area contributed by atoms with Crippen LogP contribution in [0.3, 0.4) is 0 Å². The average molecular weight is 239 g/mol. The largest absolute Gasteiger partial charge is 0.493 e. The maximum atomic E-state index is 11.2. The molecule has 1 aromatic carbocycles. The van der Waals surface area contributed by atoms with Gasteiger partial charge in [-0.15, -0.1) is 0 Å². The van der Waals surface area contributed by atoms with Crippen LogP contribution < -0.4 is 19.9 Å². The zero-order valence-electron chi connectivity index (χ0n) is 10.4. The summed E-state index contributed by atoms with van der Waals surface area (Å²) in [5, 5.41) is 0. The van der Waals surface area contributed by atoms with Crippen LogP contribution in [0.4, 0.5) is 0 Å². The Hall–Kier alpha value is -1.91. The number of hydrogen-bond acceptors (Lipinski definition) is 4. The van der Waals surface area contributed by atoms with Gasteiger partial charge < -0.3 is 19.9 Å². The number of primary amides is 1. The zero-order chi connectivity index (χ0) is 13.1. The highest BCUT2D eigenvalue weighted by Gasteiger charge is 2.29. The molecule has 0 saturated heterocycles. The van der Waals surface area contributed by atoms with E-state index in [0.717, 1.165) is 0 Å². The van der Waals surface area contributed by atoms with Gasteiger partial charge in [-0.05, 0) is 26.0 Å². The molecule has 94 valence electrons. The van der Waals surface area contributed by atoms with Crippen molar-refractivity contribution in [2.24, 2.45) is 5.73 Å². The number of amides is 1. The van der Waals surface area contributed by atoms with E-state index in [2.05, 4.69) is 0 Å². The summed E-state index contributed by atoms with van der Waals surface area (Å²) in [4.78, 5) is 11.2. The molecule has 5 heteroatoms. The van der Waals surface area contributed by atoms with Crippen LogP contribution in [-0.4, -0.2) is 25.7 Å². The highest BCUT2D eigenvalue weighted by molar-refractivity contribution is 5.83. The van der Waals surface area contributed by atoms with Gasteiger partial charge in [-0.2, -0.15) is 0 Å². The first-order chi connectivity index (χ1) is 7.92. The van der Waals surface area contributed by atoms with Gasteiger partial charge in [0.05, 0.1) is 14.2 Å². The van der Waals surface area contributed by atoms with Crippen molar-refractivity contribution in [2.75, 3.05) is 14.2 Å². The van der Waals surface area contributed by atoms with Crippen molar-refractivity contribution in [1.82, 2.24) is 0 Å². The molecule has 2 N–H and O–H groups in total. The molecule has 0 radical (unpaired) electrons. The molecule has 0 bridgehead atoms. The summed E-state index contributed by atoms with van der Waals surface area (Å²) in [5.41, 5.74) is 4.12. The van der Waals surface area contributed by atoms with E-state index >= 15 is 0 Å². The molecular formula is C12H17NO4. The van der Waals surface area contributed by atoms with Crippen molar-refractivity contribution in [3.8, 4) is 17.2 Å². The van der Waals surface area contributed by atoms with Crippen LogP contribution in [-0.2, 0) is 4.79 Å². The minimum Gasteiger partial charge on any atom is -0.493 e. The van der Waals surface area contributed by atoms with E-state index in [1.165, 1.54) is 14.2 Å². The summed E-state index contributed by atoms with van der Waals surface area (Å²) in [6.45, 7) is 3.17. The van der Waals surface area contributed by atoms with Crippen LogP contribution in [0.25, 0.3) is 0 Å². The standard InChI is InChI=1S/C12H17NO4/c1-12(2,11(13)14)17-10-8(15-3)6-5-7-9(10)16-4/h5-7H,1-4H3,(H2,13,14). The minimum absolute atomic E-state index is 0.362. The summed E-state index contributed by atoms with van der Waals surface area (Å²) in [5.74, 6) is 0.768. The highest BCUT2D eigenvalue weighted by Crippen LogP contribution is 2.38. The van der Waals surface area contributed by atoms with Gasteiger partial charge in [0.15, 0.2) is 17.1 Å². The van der Waals surface area contributed by atoms with Gasteiger partial charge in [0.25, 0.3) is 5.91 Å². The van der Waals surface area contributed by atoms with E-state index in [1.54, 1.807) is 32.0 Å². The van der Waals surface area contributed by atoms with Crippen LogP contribution in [0.5, 0.6) is 17.2 Å². The Balaban J connectivity index is 3.16. The minimum atomic E-state index is -1.14.